The molecule has 1 saturated carbocycles. The monoisotopic (exact) mass is 445 g/mol. The third-order valence-corrected chi connectivity index (χ3v) is 6.18. The van der Waals surface area contributed by atoms with Gasteiger partial charge in [-0.25, -0.2) is 0 Å². The first-order valence-corrected chi connectivity index (χ1v) is 11.5. The lowest BCUT2D eigenvalue weighted by atomic mass is 10.0. The van der Waals surface area contributed by atoms with Crippen molar-refractivity contribution >= 4 is 17.5 Å². The summed E-state index contributed by atoms with van der Waals surface area (Å²) in [5.41, 5.74) is 2.74. The van der Waals surface area contributed by atoms with Crippen LogP contribution in [0.4, 0.5) is 5.69 Å². The molecule has 6 heteroatoms. The number of furan rings is 1. The van der Waals surface area contributed by atoms with Crippen molar-refractivity contribution in [3.05, 3.63) is 89.9 Å². The number of benzene rings is 2. The van der Waals surface area contributed by atoms with Crippen LogP contribution in [0.25, 0.3) is 0 Å². The molecule has 1 fully saturated rings. The number of anilines is 1. The second-order valence-corrected chi connectivity index (χ2v) is 8.77. The van der Waals surface area contributed by atoms with Gasteiger partial charge in [0, 0.05) is 32.4 Å². The second-order valence-electron chi connectivity index (χ2n) is 8.77. The number of nitrogens with zero attached hydrogens (tertiary/aromatic N) is 2. The molecule has 33 heavy (non-hydrogen) atoms. The first-order chi connectivity index (χ1) is 16.0. The minimum Gasteiger partial charge on any atom is -0.459 e. The van der Waals surface area contributed by atoms with Crippen LogP contribution < -0.4 is 10.2 Å². The van der Waals surface area contributed by atoms with E-state index in [4.69, 9.17) is 4.42 Å². The Balaban J connectivity index is 1.73. The van der Waals surface area contributed by atoms with E-state index in [-0.39, 0.29) is 23.6 Å². The van der Waals surface area contributed by atoms with Crippen LogP contribution in [0.5, 0.6) is 0 Å². The quantitative estimate of drug-likeness (QED) is 0.542. The molecule has 2 amide bonds. The number of amides is 2. The fourth-order valence-corrected chi connectivity index (χ4v) is 4.38. The summed E-state index contributed by atoms with van der Waals surface area (Å²) in [6.45, 7) is 0.290. The summed E-state index contributed by atoms with van der Waals surface area (Å²) in [5.74, 6) is -0.253. The molecule has 1 atom stereocenters. The van der Waals surface area contributed by atoms with Crippen LogP contribution in [0.15, 0.2) is 77.4 Å². The fraction of sp³-hybridized carbons (Fsp3) is 0.333. The van der Waals surface area contributed by atoms with Crippen molar-refractivity contribution < 1.29 is 14.0 Å². The van der Waals surface area contributed by atoms with Gasteiger partial charge in [-0.2, -0.15) is 0 Å². The average molecular weight is 446 g/mol. The van der Waals surface area contributed by atoms with Gasteiger partial charge < -0.3 is 19.5 Å². The van der Waals surface area contributed by atoms with Gasteiger partial charge in [0.2, 0.25) is 5.91 Å². The Morgan fingerprint density at radius 2 is 1.67 bits per heavy atom. The molecule has 1 unspecified atom stereocenters. The molecular formula is C27H31N3O3. The topological polar surface area (TPSA) is 65.8 Å². The van der Waals surface area contributed by atoms with Crippen molar-refractivity contribution in [3.8, 4) is 0 Å². The number of hydrogen-bond acceptors (Lipinski definition) is 4. The zero-order chi connectivity index (χ0) is 23.2. The van der Waals surface area contributed by atoms with Gasteiger partial charge in [-0.05, 0) is 48.2 Å². The highest BCUT2D eigenvalue weighted by molar-refractivity contribution is 5.96. The molecule has 1 N–H and O–H groups in total. The summed E-state index contributed by atoms with van der Waals surface area (Å²) in [7, 11) is 3.95. The Morgan fingerprint density at radius 3 is 2.27 bits per heavy atom. The lowest BCUT2D eigenvalue weighted by Gasteiger charge is -2.32. The number of rotatable bonds is 8. The maximum Gasteiger partial charge on any atom is 0.290 e. The largest absolute Gasteiger partial charge is 0.459 e. The molecule has 0 spiro atoms. The molecule has 1 heterocycles. The normalized spacial score (nSPS) is 14.6. The van der Waals surface area contributed by atoms with Crippen molar-refractivity contribution in [1.29, 1.82) is 0 Å². The molecule has 1 aromatic heterocycles. The predicted octanol–water partition coefficient (Wildman–Crippen LogP) is 4.79. The van der Waals surface area contributed by atoms with E-state index in [1.54, 1.807) is 17.0 Å². The number of nitrogens with one attached hydrogen (secondary N) is 1. The van der Waals surface area contributed by atoms with Gasteiger partial charge in [0.15, 0.2) is 5.76 Å². The minimum atomic E-state index is -0.778. The SMILES string of the molecule is CN(C)c1ccc(C(C(=O)NC2CCCC2)N(Cc2ccccc2)C(=O)c2ccco2)cc1. The van der Waals surface area contributed by atoms with Crippen LogP contribution in [0.3, 0.4) is 0 Å². The van der Waals surface area contributed by atoms with E-state index >= 15 is 0 Å². The van der Waals surface area contributed by atoms with Gasteiger partial charge in [-0.1, -0.05) is 55.3 Å². The van der Waals surface area contributed by atoms with Crippen LogP contribution in [0.1, 0.15) is 53.4 Å². The van der Waals surface area contributed by atoms with Gasteiger partial charge in [0.25, 0.3) is 5.91 Å². The van der Waals surface area contributed by atoms with E-state index in [9.17, 15) is 9.59 Å². The highest BCUT2D eigenvalue weighted by atomic mass is 16.3. The molecule has 1 aliphatic rings. The minimum absolute atomic E-state index is 0.151. The van der Waals surface area contributed by atoms with Crippen LogP contribution in [0.2, 0.25) is 0 Å². The smallest absolute Gasteiger partial charge is 0.290 e. The van der Waals surface area contributed by atoms with Crippen molar-refractivity contribution in [2.75, 3.05) is 19.0 Å². The van der Waals surface area contributed by atoms with E-state index in [0.717, 1.165) is 42.5 Å². The van der Waals surface area contributed by atoms with Crippen molar-refractivity contribution in [1.82, 2.24) is 10.2 Å². The second kappa shape index (κ2) is 10.4. The zero-order valence-electron chi connectivity index (χ0n) is 19.2. The molecule has 3 aromatic rings. The van der Waals surface area contributed by atoms with Crippen LogP contribution >= 0.6 is 0 Å². The summed E-state index contributed by atoms with van der Waals surface area (Å²) >= 11 is 0. The molecule has 0 aliphatic heterocycles. The highest BCUT2D eigenvalue weighted by Gasteiger charge is 2.34. The van der Waals surface area contributed by atoms with Gasteiger partial charge in [0.05, 0.1) is 6.26 Å². The summed E-state index contributed by atoms with van der Waals surface area (Å²) < 4.78 is 5.43. The fourth-order valence-electron chi connectivity index (χ4n) is 4.38. The number of carbonyl (C=O) groups is 2. The van der Waals surface area contributed by atoms with E-state index in [0.29, 0.717) is 6.54 Å². The molecule has 2 aromatic carbocycles. The maximum atomic E-state index is 13.7. The first-order valence-electron chi connectivity index (χ1n) is 11.5. The van der Waals surface area contributed by atoms with Crippen LogP contribution in [-0.4, -0.2) is 36.9 Å². The van der Waals surface area contributed by atoms with Crippen LogP contribution in [0, 0.1) is 0 Å². The first kappa shape index (κ1) is 22.6. The number of carbonyl (C=O) groups excluding carboxylic acids is 2. The third kappa shape index (κ3) is 5.45. The Kier molecular flexibility index (Phi) is 7.13. The zero-order valence-corrected chi connectivity index (χ0v) is 19.2. The summed E-state index contributed by atoms with van der Waals surface area (Å²) in [4.78, 5) is 30.9. The highest BCUT2D eigenvalue weighted by Crippen LogP contribution is 2.29. The molecule has 6 nitrogen and oxygen atoms in total. The van der Waals surface area contributed by atoms with E-state index in [1.807, 2.05) is 73.6 Å². The summed E-state index contributed by atoms with van der Waals surface area (Å²) in [5, 5.41) is 3.21. The van der Waals surface area contributed by atoms with Crippen molar-refractivity contribution in [2.24, 2.45) is 0 Å². The van der Waals surface area contributed by atoms with Gasteiger partial charge in [-0.15, -0.1) is 0 Å². The van der Waals surface area contributed by atoms with Crippen molar-refractivity contribution in [3.63, 3.8) is 0 Å². The van der Waals surface area contributed by atoms with E-state index in [1.165, 1.54) is 6.26 Å². The maximum absolute atomic E-state index is 13.7. The summed E-state index contributed by atoms with van der Waals surface area (Å²) in [6, 6.07) is 20.2. The van der Waals surface area contributed by atoms with Gasteiger partial charge in [0.1, 0.15) is 6.04 Å². The molecular weight excluding hydrogens is 414 g/mol. The molecule has 1 aliphatic carbocycles. The van der Waals surface area contributed by atoms with Gasteiger partial charge in [-0.3, -0.25) is 9.59 Å². The average Bonchev–Trinajstić information content (AvgIpc) is 3.54. The van der Waals surface area contributed by atoms with Crippen LogP contribution in [-0.2, 0) is 11.3 Å². The molecule has 4 rings (SSSR count). The van der Waals surface area contributed by atoms with E-state index < -0.39 is 6.04 Å². The van der Waals surface area contributed by atoms with Gasteiger partial charge >= 0.3 is 0 Å². The van der Waals surface area contributed by atoms with E-state index in [2.05, 4.69) is 5.32 Å². The predicted molar refractivity (Wildman–Crippen MR) is 129 cm³/mol. The Bertz CT molecular complexity index is 1040. The lowest BCUT2D eigenvalue weighted by Crippen LogP contribution is -2.45. The standard InChI is InChI=1S/C27H31N3O3/c1-29(2)23-16-14-21(15-17-23)25(26(31)28-22-11-6-7-12-22)30(19-20-9-4-3-5-10-20)27(32)24-13-8-18-33-24/h3-5,8-10,13-18,22,25H,6-7,11-12,19H2,1-2H3,(H,28,31). The van der Waals surface area contributed by atoms with Crippen molar-refractivity contribution in [2.45, 2.75) is 44.3 Å². The Labute approximate surface area is 195 Å². The molecule has 0 bridgehead atoms. The Morgan fingerprint density at radius 1 is 0.970 bits per heavy atom. The molecule has 0 radical (unpaired) electrons. The molecule has 0 saturated heterocycles. The Hall–Kier alpha value is -3.54. The lowest BCUT2D eigenvalue weighted by molar-refractivity contribution is -0.126. The molecule has 172 valence electrons. The summed E-state index contributed by atoms with van der Waals surface area (Å²) in [6.07, 6.45) is 5.66. The third-order valence-electron chi connectivity index (χ3n) is 6.18. The number of hydrogen-bond donors (Lipinski definition) is 1.